The van der Waals surface area contributed by atoms with Crippen LogP contribution in [0.4, 0.5) is 0 Å². The van der Waals surface area contributed by atoms with E-state index in [9.17, 15) is 9.59 Å². The van der Waals surface area contributed by atoms with E-state index in [-0.39, 0.29) is 17.9 Å². The van der Waals surface area contributed by atoms with Crippen LogP contribution in [0.25, 0.3) is 11.3 Å². The molecule has 3 rings (SSSR count). The number of aromatic nitrogens is 1. The van der Waals surface area contributed by atoms with E-state index in [4.69, 9.17) is 19.0 Å². The normalized spacial score (nSPS) is 14.0. The summed E-state index contributed by atoms with van der Waals surface area (Å²) < 4.78 is 16.3. The van der Waals surface area contributed by atoms with E-state index >= 15 is 0 Å². The largest absolute Gasteiger partial charge is 0.486 e. The molecule has 1 aromatic carbocycles. The minimum absolute atomic E-state index is 0.0198. The van der Waals surface area contributed by atoms with Gasteiger partial charge in [0.25, 0.3) is 5.91 Å². The van der Waals surface area contributed by atoms with Crippen molar-refractivity contribution in [2.24, 2.45) is 0 Å². The number of aliphatic carboxylic acids is 1. The molecule has 0 unspecified atom stereocenters. The lowest BCUT2D eigenvalue weighted by molar-refractivity contribution is -0.139. The van der Waals surface area contributed by atoms with Crippen LogP contribution in [-0.2, 0) is 4.79 Å². The van der Waals surface area contributed by atoms with Crippen molar-refractivity contribution in [1.29, 1.82) is 0 Å². The number of oxazole rings is 1. The summed E-state index contributed by atoms with van der Waals surface area (Å²) in [4.78, 5) is 27.3. The monoisotopic (exact) mass is 332 g/mol. The molecule has 8 heteroatoms. The van der Waals surface area contributed by atoms with Gasteiger partial charge in [-0.15, -0.1) is 0 Å². The molecule has 1 aliphatic heterocycles. The first-order valence-corrected chi connectivity index (χ1v) is 7.47. The van der Waals surface area contributed by atoms with E-state index in [1.807, 2.05) is 0 Å². The highest BCUT2D eigenvalue weighted by atomic mass is 16.6. The molecule has 1 aromatic heterocycles. The summed E-state index contributed by atoms with van der Waals surface area (Å²) in [7, 11) is 0. The van der Waals surface area contributed by atoms with Crippen LogP contribution in [0.2, 0.25) is 0 Å². The van der Waals surface area contributed by atoms with Crippen molar-refractivity contribution in [3.05, 3.63) is 30.3 Å². The molecule has 0 saturated carbocycles. The molecule has 24 heavy (non-hydrogen) atoms. The van der Waals surface area contributed by atoms with E-state index in [1.165, 1.54) is 0 Å². The average molecular weight is 332 g/mol. The topological polar surface area (TPSA) is 111 Å². The Morgan fingerprint density at radius 2 is 2.04 bits per heavy atom. The van der Waals surface area contributed by atoms with Gasteiger partial charge in [0.1, 0.15) is 19.3 Å². The number of rotatable bonds is 5. The van der Waals surface area contributed by atoms with Crippen LogP contribution >= 0.6 is 0 Å². The van der Waals surface area contributed by atoms with Crippen LogP contribution in [0.3, 0.4) is 0 Å². The first kappa shape index (κ1) is 15.9. The standard InChI is InChI=1S/C16H16N2O6/c1-2-10(16(20)21)18-15(19)13-14(24-8-17-13)9-3-4-11-12(7-9)23-6-5-22-11/h3-4,7-8,10H,2,5-6H2,1H3,(H,18,19)(H,20,21)/t10-/m1/s1. The lowest BCUT2D eigenvalue weighted by Crippen LogP contribution is -2.40. The van der Waals surface area contributed by atoms with E-state index in [0.29, 0.717) is 30.3 Å². The number of carbonyl (C=O) groups is 2. The molecule has 2 aromatic rings. The van der Waals surface area contributed by atoms with Gasteiger partial charge in [-0.05, 0) is 24.6 Å². The second-order valence-electron chi connectivity index (χ2n) is 5.16. The van der Waals surface area contributed by atoms with Crippen LogP contribution in [0, 0.1) is 0 Å². The second kappa shape index (κ2) is 6.61. The number of nitrogens with zero attached hydrogens (tertiary/aromatic N) is 1. The fourth-order valence-corrected chi connectivity index (χ4v) is 2.36. The van der Waals surface area contributed by atoms with Gasteiger partial charge in [0.2, 0.25) is 0 Å². The first-order chi connectivity index (χ1) is 11.6. The van der Waals surface area contributed by atoms with Crippen molar-refractivity contribution < 1.29 is 28.6 Å². The third kappa shape index (κ3) is 3.03. The number of carbonyl (C=O) groups excluding carboxylic acids is 1. The zero-order chi connectivity index (χ0) is 17.1. The highest BCUT2D eigenvalue weighted by Crippen LogP contribution is 2.35. The van der Waals surface area contributed by atoms with Crippen molar-refractivity contribution in [2.45, 2.75) is 19.4 Å². The molecule has 0 radical (unpaired) electrons. The van der Waals surface area contributed by atoms with Crippen molar-refractivity contribution in [1.82, 2.24) is 10.3 Å². The van der Waals surface area contributed by atoms with Gasteiger partial charge in [0, 0.05) is 5.56 Å². The van der Waals surface area contributed by atoms with Crippen LogP contribution in [0.1, 0.15) is 23.8 Å². The minimum Gasteiger partial charge on any atom is -0.486 e. The van der Waals surface area contributed by atoms with E-state index in [2.05, 4.69) is 10.3 Å². The average Bonchev–Trinajstić information content (AvgIpc) is 3.08. The van der Waals surface area contributed by atoms with Crippen LogP contribution in [-0.4, -0.2) is 41.2 Å². The second-order valence-corrected chi connectivity index (χ2v) is 5.16. The molecular weight excluding hydrogens is 316 g/mol. The number of amides is 1. The van der Waals surface area contributed by atoms with Crippen molar-refractivity contribution >= 4 is 11.9 Å². The highest BCUT2D eigenvalue weighted by molar-refractivity contribution is 5.99. The molecule has 0 saturated heterocycles. The van der Waals surface area contributed by atoms with Gasteiger partial charge in [-0.1, -0.05) is 6.92 Å². The SMILES string of the molecule is CC[C@@H](NC(=O)c1ncoc1-c1ccc2c(c1)OCCO2)C(=O)O. The maximum absolute atomic E-state index is 12.3. The van der Waals surface area contributed by atoms with Gasteiger partial charge in [0.15, 0.2) is 29.3 Å². The molecular formula is C16H16N2O6. The van der Waals surface area contributed by atoms with Gasteiger partial charge in [0.05, 0.1) is 0 Å². The molecule has 0 fully saturated rings. The quantitative estimate of drug-likeness (QED) is 0.857. The summed E-state index contributed by atoms with van der Waals surface area (Å²) >= 11 is 0. The number of hydrogen-bond donors (Lipinski definition) is 2. The Kier molecular flexibility index (Phi) is 4.37. The smallest absolute Gasteiger partial charge is 0.326 e. The van der Waals surface area contributed by atoms with Crippen LogP contribution < -0.4 is 14.8 Å². The molecule has 8 nitrogen and oxygen atoms in total. The maximum Gasteiger partial charge on any atom is 0.326 e. The van der Waals surface area contributed by atoms with Crippen LogP contribution in [0.5, 0.6) is 11.5 Å². The number of fused-ring (bicyclic) bond motifs is 1. The number of ether oxygens (including phenoxy) is 2. The molecule has 1 amide bonds. The highest BCUT2D eigenvalue weighted by Gasteiger charge is 2.24. The molecule has 2 heterocycles. The number of carboxylic acids is 1. The first-order valence-electron chi connectivity index (χ1n) is 7.47. The molecule has 1 aliphatic rings. The van der Waals surface area contributed by atoms with E-state index in [0.717, 1.165) is 6.39 Å². The summed E-state index contributed by atoms with van der Waals surface area (Å²) in [5.74, 6) is -0.297. The molecule has 1 atom stereocenters. The number of carboxylic acid groups (broad SMARTS) is 1. The maximum atomic E-state index is 12.3. The predicted octanol–water partition coefficient (Wildman–Crippen LogP) is 1.71. The molecule has 0 spiro atoms. The number of nitrogens with one attached hydrogen (secondary N) is 1. The summed E-state index contributed by atoms with van der Waals surface area (Å²) in [5.41, 5.74) is 0.608. The third-order valence-electron chi connectivity index (χ3n) is 3.60. The third-order valence-corrected chi connectivity index (χ3v) is 3.60. The van der Waals surface area contributed by atoms with E-state index < -0.39 is 17.9 Å². The summed E-state index contributed by atoms with van der Waals surface area (Å²) in [6.45, 7) is 2.59. The fraction of sp³-hybridized carbons (Fsp3) is 0.312. The minimum atomic E-state index is -1.10. The van der Waals surface area contributed by atoms with Crippen molar-refractivity contribution in [3.8, 4) is 22.8 Å². The zero-order valence-corrected chi connectivity index (χ0v) is 12.9. The zero-order valence-electron chi connectivity index (χ0n) is 12.9. The Labute approximate surface area is 137 Å². The summed E-state index contributed by atoms with van der Waals surface area (Å²) in [6, 6.07) is 4.15. The van der Waals surface area contributed by atoms with Gasteiger partial charge < -0.3 is 24.3 Å². The Morgan fingerprint density at radius 1 is 1.29 bits per heavy atom. The van der Waals surface area contributed by atoms with Gasteiger partial charge >= 0.3 is 5.97 Å². The van der Waals surface area contributed by atoms with Crippen molar-refractivity contribution in [3.63, 3.8) is 0 Å². The molecule has 2 N–H and O–H groups in total. The van der Waals surface area contributed by atoms with Crippen molar-refractivity contribution in [2.75, 3.05) is 13.2 Å². The van der Waals surface area contributed by atoms with Gasteiger partial charge in [-0.3, -0.25) is 4.79 Å². The summed E-state index contributed by atoms with van der Waals surface area (Å²) in [6.07, 6.45) is 1.40. The molecule has 0 bridgehead atoms. The predicted molar refractivity (Wildman–Crippen MR) is 82.1 cm³/mol. The van der Waals surface area contributed by atoms with E-state index in [1.54, 1.807) is 25.1 Å². The molecule has 126 valence electrons. The Balaban J connectivity index is 1.87. The van der Waals surface area contributed by atoms with Crippen LogP contribution in [0.15, 0.2) is 29.0 Å². The Hall–Kier alpha value is -3.03. The Bertz CT molecular complexity index is 770. The molecule has 0 aliphatic carbocycles. The lowest BCUT2D eigenvalue weighted by Gasteiger charge is -2.18. The fourth-order valence-electron chi connectivity index (χ4n) is 2.36. The summed E-state index contributed by atoms with van der Waals surface area (Å²) in [5, 5.41) is 11.5. The Morgan fingerprint density at radius 3 is 2.75 bits per heavy atom. The number of hydrogen-bond acceptors (Lipinski definition) is 6. The van der Waals surface area contributed by atoms with Gasteiger partial charge in [-0.25, -0.2) is 9.78 Å². The number of benzene rings is 1. The van der Waals surface area contributed by atoms with Gasteiger partial charge in [-0.2, -0.15) is 0 Å². The lowest BCUT2D eigenvalue weighted by atomic mass is 10.1.